The maximum Gasteiger partial charge on any atom is 0.223 e. The molecule has 0 radical (unpaired) electrons. The minimum absolute atomic E-state index is 0.00135. The lowest BCUT2D eigenvalue weighted by atomic mass is 9.97. The van der Waals surface area contributed by atoms with Crippen LogP contribution in [0.1, 0.15) is 44.2 Å². The fourth-order valence-corrected chi connectivity index (χ4v) is 4.08. The normalized spacial score (nSPS) is 23.4. The van der Waals surface area contributed by atoms with Crippen LogP contribution in [0.25, 0.3) is 0 Å². The predicted molar refractivity (Wildman–Crippen MR) is 104 cm³/mol. The van der Waals surface area contributed by atoms with E-state index in [4.69, 9.17) is 4.74 Å². The Morgan fingerprint density at radius 2 is 1.89 bits per heavy atom. The molecule has 2 heterocycles. The Balaban J connectivity index is 1.69. The zero-order valence-electron chi connectivity index (χ0n) is 16.2. The second-order valence-electron chi connectivity index (χ2n) is 7.45. The molecule has 1 aromatic carbocycles. The third-order valence-electron chi connectivity index (χ3n) is 5.39. The molecule has 0 aromatic heterocycles. The molecule has 2 atom stereocenters. The average Bonchev–Trinajstić information content (AvgIpc) is 3.18. The SMILES string of the molecule is CC(=O)NCCCC(=O)N1CCO[C@@H](CN2CCCC2)[C@@H]1c1ccccc1. The Hall–Kier alpha value is -1.92. The molecule has 1 aromatic rings. The number of hydrogen-bond acceptors (Lipinski definition) is 4. The van der Waals surface area contributed by atoms with Gasteiger partial charge in [-0.3, -0.25) is 9.59 Å². The van der Waals surface area contributed by atoms with E-state index in [2.05, 4.69) is 22.3 Å². The highest BCUT2D eigenvalue weighted by Crippen LogP contribution is 2.31. The van der Waals surface area contributed by atoms with E-state index in [9.17, 15) is 9.59 Å². The Morgan fingerprint density at radius 3 is 2.59 bits per heavy atom. The van der Waals surface area contributed by atoms with Gasteiger partial charge >= 0.3 is 0 Å². The quantitative estimate of drug-likeness (QED) is 0.743. The molecule has 1 N–H and O–H groups in total. The lowest BCUT2D eigenvalue weighted by molar-refractivity contribution is -0.148. The third-order valence-corrected chi connectivity index (χ3v) is 5.39. The molecule has 2 fully saturated rings. The number of amides is 2. The van der Waals surface area contributed by atoms with Gasteiger partial charge in [-0.25, -0.2) is 0 Å². The van der Waals surface area contributed by atoms with Crippen molar-refractivity contribution < 1.29 is 14.3 Å². The van der Waals surface area contributed by atoms with E-state index in [0.29, 0.717) is 32.5 Å². The first-order chi connectivity index (χ1) is 13.1. The summed E-state index contributed by atoms with van der Waals surface area (Å²) in [6, 6.07) is 10.2. The summed E-state index contributed by atoms with van der Waals surface area (Å²) >= 11 is 0. The van der Waals surface area contributed by atoms with Gasteiger partial charge in [0.25, 0.3) is 0 Å². The van der Waals surface area contributed by atoms with Gasteiger partial charge in [0.05, 0.1) is 18.8 Å². The van der Waals surface area contributed by atoms with E-state index < -0.39 is 0 Å². The van der Waals surface area contributed by atoms with Gasteiger partial charge < -0.3 is 19.9 Å². The van der Waals surface area contributed by atoms with Gasteiger partial charge in [-0.1, -0.05) is 30.3 Å². The first kappa shape index (κ1) is 19.8. The summed E-state index contributed by atoms with van der Waals surface area (Å²) in [7, 11) is 0. The Bertz CT molecular complexity index is 616. The molecule has 6 nitrogen and oxygen atoms in total. The van der Waals surface area contributed by atoms with Crippen LogP contribution < -0.4 is 5.32 Å². The fourth-order valence-electron chi connectivity index (χ4n) is 4.08. The summed E-state index contributed by atoms with van der Waals surface area (Å²) in [6.07, 6.45) is 3.59. The third kappa shape index (κ3) is 5.53. The standard InChI is InChI=1S/C21H31N3O3/c1-17(25)22-11-7-10-20(26)24-14-15-27-19(16-23-12-5-6-13-23)21(24)18-8-3-2-4-9-18/h2-4,8-9,19,21H,5-7,10-16H2,1H3,(H,22,25)/t19-,21-/m0/s1. The van der Waals surface area contributed by atoms with Crippen molar-refractivity contribution in [2.75, 3.05) is 39.3 Å². The first-order valence-electron chi connectivity index (χ1n) is 10.1. The Kier molecular flexibility index (Phi) is 7.24. The largest absolute Gasteiger partial charge is 0.373 e. The summed E-state index contributed by atoms with van der Waals surface area (Å²) < 4.78 is 6.15. The molecule has 0 saturated carbocycles. The van der Waals surface area contributed by atoms with Gasteiger partial charge in [-0.2, -0.15) is 0 Å². The van der Waals surface area contributed by atoms with Crippen LogP contribution in [0, 0.1) is 0 Å². The minimum Gasteiger partial charge on any atom is -0.373 e. The minimum atomic E-state index is -0.0540. The highest BCUT2D eigenvalue weighted by Gasteiger charge is 2.37. The smallest absolute Gasteiger partial charge is 0.223 e. The highest BCUT2D eigenvalue weighted by molar-refractivity contribution is 5.77. The monoisotopic (exact) mass is 373 g/mol. The molecule has 3 rings (SSSR count). The fraction of sp³-hybridized carbons (Fsp3) is 0.619. The van der Waals surface area contributed by atoms with Crippen LogP contribution in [0.4, 0.5) is 0 Å². The molecule has 2 saturated heterocycles. The number of likely N-dealkylation sites (tertiary alicyclic amines) is 1. The molecule has 2 aliphatic rings. The molecule has 0 spiro atoms. The number of carbonyl (C=O) groups is 2. The van der Waals surface area contributed by atoms with Crippen LogP contribution in [0.3, 0.4) is 0 Å². The van der Waals surface area contributed by atoms with E-state index in [1.54, 1.807) is 0 Å². The van der Waals surface area contributed by atoms with Gasteiger partial charge in [0.15, 0.2) is 0 Å². The van der Waals surface area contributed by atoms with Crippen LogP contribution in [0.5, 0.6) is 0 Å². The first-order valence-corrected chi connectivity index (χ1v) is 10.1. The van der Waals surface area contributed by atoms with Crippen LogP contribution >= 0.6 is 0 Å². The number of morpholine rings is 1. The summed E-state index contributed by atoms with van der Waals surface area (Å²) in [5.41, 5.74) is 1.14. The summed E-state index contributed by atoms with van der Waals surface area (Å²) in [4.78, 5) is 28.4. The summed E-state index contributed by atoms with van der Waals surface area (Å²) in [5, 5.41) is 2.76. The van der Waals surface area contributed by atoms with Crippen molar-refractivity contribution in [2.45, 2.75) is 44.8 Å². The van der Waals surface area contributed by atoms with Crippen LogP contribution in [0.2, 0.25) is 0 Å². The van der Waals surface area contributed by atoms with E-state index >= 15 is 0 Å². The Morgan fingerprint density at radius 1 is 1.15 bits per heavy atom. The lowest BCUT2D eigenvalue weighted by Gasteiger charge is -2.43. The van der Waals surface area contributed by atoms with Crippen molar-refractivity contribution in [3.8, 4) is 0 Å². The Labute approximate surface area is 161 Å². The number of nitrogens with zero attached hydrogens (tertiary/aromatic N) is 2. The van der Waals surface area contributed by atoms with E-state index in [1.165, 1.54) is 19.8 Å². The van der Waals surface area contributed by atoms with Crippen LogP contribution in [0.15, 0.2) is 30.3 Å². The van der Waals surface area contributed by atoms with Gasteiger partial charge in [0, 0.05) is 33.0 Å². The second-order valence-corrected chi connectivity index (χ2v) is 7.45. The lowest BCUT2D eigenvalue weighted by Crippen LogP contribution is -2.51. The molecular weight excluding hydrogens is 342 g/mol. The van der Waals surface area contributed by atoms with Crippen molar-refractivity contribution in [1.29, 1.82) is 0 Å². The van der Waals surface area contributed by atoms with Crippen molar-refractivity contribution in [3.05, 3.63) is 35.9 Å². The number of carbonyl (C=O) groups excluding carboxylic acids is 2. The zero-order chi connectivity index (χ0) is 19.1. The molecule has 148 valence electrons. The van der Waals surface area contributed by atoms with Crippen molar-refractivity contribution >= 4 is 11.8 Å². The number of ether oxygens (including phenoxy) is 1. The van der Waals surface area contributed by atoms with Gasteiger partial charge in [-0.15, -0.1) is 0 Å². The average molecular weight is 373 g/mol. The van der Waals surface area contributed by atoms with Gasteiger partial charge in [0.1, 0.15) is 0 Å². The van der Waals surface area contributed by atoms with Crippen molar-refractivity contribution in [3.63, 3.8) is 0 Å². The van der Waals surface area contributed by atoms with E-state index in [-0.39, 0.29) is 24.0 Å². The van der Waals surface area contributed by atoms with Gasteiger partial charge in [-0.05, 0) is 37.9 Å². The molecule has 27 heavy (non-hydrogen) atoms. The number of nitrogens with one attached hydrogen (secondary N) is 1. The predicted octanol–water partition coefficient (Wildman–Crippen LogP) is 1.97. The number of benzene rings is 1. The molecule has 2 aliphatic heterocycles. The molecule has 0 unspecified atom stereocenters. The molecular formula is C21H31N3O3. The number of rotatable bonds is 7. The molecule has 0 bridgehead atoms. The van der Waals surface area contributed by atoms with Crippen LogP contribution in [-0.2, 0) is 14.3 Å². The summed E-state index contributed by atoms with van der Waals surface area (Å²) in [5.74, 6) is 0.0885. The molecule has 6 heteroatoms. The van der Waals surface area contributed by atoms with Crippen molar-refractivity contribution in [2.24, 2.45) is 0 Å². The zero-order valence-corrected chi connectivity index (χ0v) is 16.2. The van der Waals surface area contributed by atoms with Crippen molar-refractivity contribution in [1.82, 2.24) is 15.1 Å². The van der Waals surface area contributed by atoms with E-state index in [0.717, 1.165) is 25.2 Å². The number of hydrogen-bond donors (Lipinski definition) is 1. The molecule has 2 amide bonds. The second kappa shape index (κ2) is 9.85. The van der Waals surface area contributed by atoms with E-state index in [1.807, 2.05) is 23.1 Å². The maximum absolute atomic E-state index is 13.0. The highest BCUT2D eigenvalue weighted by atomic mass is 16.5. The maximum atomic E-state index is 13.0. The topological polar surface area (TPSA) is 61.9 Å². The van der Waals surface area contributed by atoms with Gasteiger partial charge in [0.2, 0.25) is 11.8 Å². The van der Waals surface area contributed by atoms with Crippen LogP contribution in [-0.4, -0.2) is 67.0 Å². The summed E-state index contributed by atoms with van der Waals surface area (Å²) in [6.45, 7) is 6.35. The molecule has 0 aliphatic carbocycles.